The normalized spacial score (nSPS) is 9.94. The number of ether oxygens (including phenoxy) is 1. The van der Waals surface area contributed by atoms with Crippen molar-refractivity contribution < 1.29 is 14.3 Å². The standard InChI is InChI=1S/C12H23NO3/c1-4-7-8-13(11(14)5-2)9-10-16-12(15)6-3/h4-10H2,1-3H3. The van der Waals surface area contributed by atoms with E-state index in [2.05, 4.69) is 6.92 Å². The van der Waals surface area contributed by atoms with Gasteiger partial charge in [-0.15, -0.1) is 0 Å². The van der Waals surface area contributed by atoms with E-state index in [0.717, 1.165) is 19.4 Å². The minimum absolute atomic E-state index is 0.126. The Labute approximate surface area is 98.0 Å². The summed E-state index contributed by atoms with van der Waals surface area (Å²) in [6, 6.07) is 0. The van der Waals surface area contributed by atoms with Crippen LogP contribution in [0.1, 0.15) is 46.5 Å². The molecule has 0 aromatic carbocycles. The summed E-state index contributed by atoms with van der Waals surface area (Å²) in [7, 11) is 0. The fourth-order valence-electron chi connectivity index (χ4n) is 1.31. The number of carbonyl (C=O) groups is 2. The molecular weight excluding hydrogens is 206 g/mol. The van der Waals surface area contributed by atoms with E-state index in [-0.39, 0.29) is 11.9 Å². The summed E-state index contributed by atoms with van der Waals surface area (Å²) in [6.45, 7) is 7.27. The average Bonchev–Trinajstić information content (AvgIpc) is 2.32. The number of carbonyl (C=O) groups excluding carboxylic acids is 2. The number of hydrogen-bond acceptors (Lipinski definition) is 3. The predicted molar refractivity (Wildman–Crippen MR) is 63.0 cm³/mol. The zero-order chi connectivity index (χ0) is 12.4. The number of rotatable bonds is 8. The molecule has 94 valence electrons. The first-order valence-corrected chi connectivity index (χ1v) is 6.09. The maximum absolute atomic E-state index is 11.5. The lowest BCUT2D eigenvalue weighted by molar-refractivity contribution is -0.145. The number of esters is 1. The smallest absolute Gasteiger partial charge is 0.305 e. The van der Waals surface area contributed by atoms with Gasteiger partial charge in [0.2, 0.25) is 5.91 Å². The molecule has 0 heterocycles. The molecule has 1 amide bonds. The number of hydrogen-bond donors (Lipinski definition) is 0. The Morgan fingerprint density at radius 3 is 2.25 bits per heavy atom. The van der Waals surface area contributed by atoms with Crippen LogP contribution in [0.15, 0.2) is 0 Å². The van der Waals surface area contributed by atoms with Gasteiger partial charge in [-0.1, -0.05) is 27.2 Å². The Morgan fingerprint density at radius 2 is 1.75 bits per heavy atom. The Hall–Kier alpha value is -1.06. The van der Waals surface area contributed by atoms with Gasteiger partial charge < -0.3 is 9.64 Å². The molecule has 0 aliphatic heterocycles. The van der Waals surface area contributed by atoms with Gasteiger partial charge in [-0.25, -0.2) is 0 Å². The van der Waals surface area contributed by atoms with E-state index in [9.17, 15) is 9.59 Å². The topological polar surface area (TPSA) is 46.6 Å². The van der Waals surface area contributed by atoms with Gasteiger partial charge in [0, 0.05) is 19.4 Å². The summed E-state index contributed by atoms with van der Waals surface area (Å²) in [5, 5.41) is 0. The molecule has 16 heavy (non-hydrogen) atoms. The van der Waals surface area contributed by atoms with E-state index in [4.69, 9.17) is 4.74 Å². The molecule has 0 saturated carbocycles. The lowest BCUT2D eigenvalue weighted by Gasteiger charge is -2.21. The molecule has 0 aliphatic carbocycles. The van der Waals surface area contributed by atoms with Crippen LogP contribution in [0.5, 0.6) is 0 Å². The average molecular weight is 229 g/mol. The van der Waals surface area contributed by atoms with Crippen LogP contribution in [0.4, 0.5) is 0 Å². The van der Waals surface area contributed by atoms with Gasteiger partial charge in [-0.2, -0.15) is 0 Å². The lowest BCUT2D eigenvalue weighted by Crippen LogP contribution is -2.34. The predicted octanol–water partition coefficient (Wildman–Crippen LogP) is 1.98. The van der Waals surface area contributed by atoms with E-state index >= 15 is 0 Å². The van der Waals surface area contributed by atoms with E-state index in [1.165, 1.54) is 0 Å². The van der Waals surface area contributed by atoms with Crippen LogP contribution in [0.25, 0.3) is 0 Å². The number of unbranched alkanes of at least 4 members (excludes halogenated alkanes) is 1. The highest BCUT2D eigenvalue weighted by atomic mass is 16.5. The van der Waals surface area contributed by atoms with Crippen LogP contribution in [0, 0.1) is 0 Å². The lowest BCUT2D eigenvalue weighted by atomic mass is 10.3. The fraction of sp³-hybridized carbons (Fsp3) is 0.833. The van der Waals surface area contributed by atoms with Crippen LogP contribution < -0.4 is 0 Å². The third kappa shape index (κ3) is 6.43. The van der Waals surface area contributed by atoms with Crippen molar-refractivity contribution in [3.63, 3.8) is 0 Å². The quantitative estimate of drug-likeness (QED) is 0.598. The first kappa shape index (κ1) is 14.9. The van der Waals surface area contributed by atoms with Gasteiger partial charge in [-0.05, 0) is 6.42 Å². The molecule has 0 saturated heterocycles. The summed E-state index contributed by atoms with van der Waals surface area (Å²) in [5.74, 6) is -0.0830. The van der Waals surface area contributed by atoms with Gasteiger partial charge in [0.15, 0.2) is 0 Å². The molecule has 4 heteroatoms. The van der Waals surface area contributed by atoms with Crippen molar-refractivity contribution in [3.8, 4) is 0 Å². The zero-order valence-corrected chi connectivity index (χ0v) is 10.6. The number of amides is 1. The van der Waals surface area contributed by atoms with Gasteiger partial charge in [0.05, 0.1) is 6.54 Å². The molecule has 0 atom stereocenters. The SMILES string of the molecule is CCCCN(CCOC(=O)CC)C(=O)CC. The van der Waals surface area contributed by atoms with Crippen LogP contribution >= 0.6 is 0 Å². The molecular formula is C12H23NO3. The highest BCUT2D eigenvalue weighted by Crippen LogP contribution is 1.99. The first-order chi connectivity index (χ1) is 7.65. The third-order valence-corrected chi connectivity index (χ3v) is 2.35. The zero-order valence-electron chi connectivity index (χ0n) is 10.6. The Bertz CT molecular complexity index is 216. The summed E-state index contributed by atoms with van der Waals surface area (Å²) >= 11 is 0. The fourth-order valence-corrected chi connectivity index (χ4v) is 1.31. The van der Waals surface area contributed by atoms with E-state index in [0.29, 0.717) is 26.0 Å². The molecule has 0 aliphatic rings. The van der Waals surface area contributed by atoms with E-state index in [1.54, 1.807) is 11.8 Å². The van der Waals surface area contributed by atoms with Gasteiger partial charge in [-0.3, -0.25) is 9.59 Å². The monoisotopic (exact) mass is 229 g/mol. The van der Waals surface area contributed by atoms with Gasteiger partial charge in [0.1, 0.15) is 6.61 Å². The minimum atomic E-state index is -0.209. The minimum Gasteiger partial charge on any atom is -0.464 e. The van der Waals surface area contributed by atoms with Gasteiger partial charge >= 0.3 is 5.97 Å². The number of nitrogens with zero attached hydrogens (tertiary/aromatic N) is 1. The van der Waals surface area contributed by atoms with Crippen molar-refractivity contribution in [2.45, 2.75) is 46.5 Å². The first-order valence-electron chi connectivity index (χ1n) is 6.09. The van der Waals surface area contributed by atoms with Crippen molar-refractivity contribution in [1.82, 2.24) is 4.90 Å². The Morgan fingerprint density at radius 1 is 1.06 bits per heavy atom. The highest BCUT2D eigenvalue weighted by molar-refractivity contribution is 5.75. The molecule has 0 aromatic heterocycles. The molecule has 0 bridgehead atoms. The van der Waals surface area contributed by atoms with Crippen LogP contribution in [0.2, 0.25) is 0 Å². The molecule has 0 fully saturated rings. The van der Waals surface area contributed by atoms with Crippen molar-refractivity contribution in [2.24, 2.45) is 0 Å². The summed E-state index contributed by atoms with van der Waals surface area (Å²) in [5.41, 5.74) is 0. The molecule has 4 nitrogen and oxygen atoms in total. The second kappa shape index (κ2) is 9.19. The van der Waals surface area contributed by atoms with Gasteiger partial charge in [0.25, 0.3) is 0 Å². The van der Waals surface area contributed by atoms with Crippen molar-refractivity contribution in [1.29, 1.82) is 0 Å². The Kier molecular flexibility index (Phi) is 8.58. The largest absolute Gasteiger partial charge is 0.464 e. The molecule has 0 aromatic rings. The maximum atomic E-state index is 11.5. The van der Waals surface area contributed by atoms with Crippen LogP contribution in [-0.4, -0.2) is 36.5 Å². The molecule has 0 spiro atoms. The second-order valence-corrected chi connectivity index (χ2v) is 3.66. The van der Waals surface area contributed by atoms with E-state index in [1.807, 2.05) is 6.92 Å². The van der Waals surface area contributed by atoms with Crippen molar-refractivity contribution in [2.75, 3.05) is 19.7 Å². The summed E-state index contributed by atoms with van der Waals surface area (Å²) in [4.78, 5) is 24.2. The molecule has 0 N–H and O–H groups in total. The van der Waals surface area contributed by atoms with Crippen molar-refractivity contribution in [3.05, 3.63) is 0 Å². The van der Waals surface area contributed by atoms with Crippen molar-refractivity contribution >= 4 is 11.9 Å². The summed E-state index contributed by atoms with van der Waals surface area (Å²) in [6.07, 6.45) is 2.94. The van der Waals surface area contributed by atoms with E-state index < -0.39 is 0 Å². The van der Waals surface area contributed by atoms with Crippen LogP contribution in [-0.2, 0) is 14.3 Å². The molecule has 0 unspecified atom stereocenters. The summed E-state index contributed by atoms with van der Waals surface area (Å²) < 4.78 is 4.96. The third-order valence-electron chi connectivity index (χ3n) is 2.35. The molecule has 0 radical (unpaired) electrons. The van der Waals surface area contributed by atoms with Crippen LogP contribution in [0.3, 0.4) is 0 Å². The maximum Gasteiger partial charge on any atom is 0.305 e. The highest BCUT2D eigenvalue weighted by Gasteiger charge is 2.11. The second-order valence-electron chi connectivity index (χ2n) is 3.66. The molecule has 0 rings (SSSR count). The Balaban J connectivity index is 3.91.